The molecule has 1 aliphatic carbocycles. The summed E-state index contributed by atoms with van der Waals surface area (Å²) < 4.78 is 0. The molecular weight excluding hydrogens is 256 g/mol. The highest BCUT2D eigenvalue weighted by molar-refractivity contribution is 7.99. The van der Waals surface area contributed by atoms with E-state index in [0.717, 1.165) is 25.0 Å². The molecule has 0 aromatic rings. The summed E-state index contributed by atoms with van der Waals surface area (Å²) in [5.41, 5.74) is 0. The minimum atomic E-state index is 0.0721. The molecule has 3 nitrogen and oxygen atoms in total. The van der Waals surface area contributed by atoms with Crippen molar-refractivity contribution in [3.63, 3.8) is 0 Å². The Labute approximate surface area is 121 Å². The van der Waals surface area contributed by atoms with Gasteiger partial charge in [-0.15, -0.1) is 0 Å². The molecule has 1 amide bonds. The molecule has 110 valence electrons. The summed E-state index contributed by atoms with van der Waals surface area (Å²) in [5, 5.41) is 4.15. The molecule has 1 heterocycles. The maximum atomic E-state index is 12.6. The molecule has 1 saturated heterocycles. The van der Waals surface area contributed by atoms with Crippen LogP contribution in [0.5, 0.6) is 0 Å². The Bertz CT molecular complexity index is 311. The first kappa shape index (κ1) is 15.2. The summed E-state index contributed by atoms with van der Waals surface area (Å²) in [6.45, 7) is 6.55. The lowest BCUT2D eigenvalue weighted by Gasteiger charge is -2.32. The lowest BCUT2D eigenvalue weighted by Crippen LogP contribution is -2.46. The molecule has 2 aliphatic rings. The second-order valence-corrected chi connectivity index (χ2v) is 7.29. The smallest absolute Gasteiger partial charge is 0.241 e. The summed E-state index contributed by atoms with van der Waals surface area (Å²) in [5.74, 6) is 1.51. The SMILES string of the molecule is CCCCC1NC(C)N(C2CCCC2SCC)C1=O. The highest BCUT2D eigenvalue weighted by atomic mass is 32.2. The van der Waals surface area contributed by atoms with Gasteiger partial charge in [-0.1, -0.05) is 33.1 Å². The van der Waals surface area contributed by atoms with E-state index in [1.54, 1.807) is 0 Å². The topological polar surface area (TPSA) is 32.3 Å². The Morgan fingerprint density at radius 1 is 1.37 bits per heavy atom. The molecule has 19 heavy (non-hydrogen) atoms. The van der Waals surface area contributed by atoms with Crippen molar-refractivity contribution in [3.8, 4) is 0 Å². The van der Waals surface area contributed by atoms with Gasteiger partial charge in [-0.2, -0.15) is 11.8 Å². The summed E-state index contributed by atoms with van der Waals surface area (Å²) in [6.07, 6.45) is 7.26. The fraction of sp³-hybridized carbons (Fsp3) is 0.933. The van der Waals surface area contributed by atoms with E-state index in [1.807, 2.05) is 11.8 Å². The van der Waals surface area contributed by atoms with Crippen LogP contribution in [0.2, 0.25) is 0 Å². The molecule has 2 rings (SSSR count). The van der Waals surface area contributed by atoms with Gasteiger partial charge in [-0.25, -0.2) is 0 Å². The molecule has 0 aromatic carbocycles. The van der Waals surface area contributed by atoms with Crippen LogP contribution < -0.4 is 5.32 Å². The zero-order chi connectivity index (χ0) is 13.8. The van der Waals surface area contributed by atoms with Crippen LogP contribution in [0.3, 0.4) is 0 Å². The molecule has 2 fully saturated rings. The molecule has 4 unspecified atom stereocenters. The highest BCUT2D eigenvalue weighted by Gasteiger charge is 2.43. The number of amides is 1. The Balaban J connectivity index is 2.00. The Morgan fingerprint density at radius 2 is 2.16 bits per heavy atom. The van der Waals surface area contributed by atoms with Gasteiger partial charge in [0.15, 0.2) is 0 Å². The second-order valence-electron chi connectivity index (χ2n) is 5.78. The third-order valence-electron chi connectivity index (χ3n) is 4.41. The minimum absolute atomic E-state index is 0.0721. The van der Waals surface area contributed by atoms with Crippen LogP contribution in [0, 0.1) is 0 Å². The predicted molar refractivity (Wildman–Crippen MR) is 82.3 cm³/mol. The molecular formula is C15H28N2OS. The van der Waals surface area contributed by atoms with E-state index in [-0.39, 0.29) is 12.2 Å². The molecule has 0 aromatic heterocycles. The van der Waals surface area contributed by atoms with E-state index < -0.39 is 0 Å². The summed E-state index contributed by atoms with van der Waals surface area (Å²) in [4.78, 5) is 14.8. The van der Waals surface area contributed by atoms with Crippen molar-refractivity contribution in [1.29, 1.82) is 0 Å². The van der Waals surface area contributed by atoms with E-state index in [2.05, 4.69) is 31.0 Å². The Morgan fingerprint density at radius 3 is 2.84 bits per heavy atom. The van der Waals surface area contributed by atoms with Gasteiger partial charge in [0.25, 0.3) is 0 Å². The van der Waals surface area contributed by atoms with E-state index >= 15 is 0 Å². The molecule has 0 bridgehead atoms. The lowest BCUT2D eigenvalue weighted by molar-refractivity contribution is -0.132. The first-order chi connectivity index (χ1) is 9.19. The van der Waals surface area contributed by atoms with Crippen molar-refractivity contribution in [2.75, 3.05) is 5.75 Å². The van der Waals surface area contributed by atoms with Crippen LogP contribution >= 0.6 is 11.8 Å². The number of unbranched alkanes of at least 4 members (excludes halogenated alkanes) is 1. The average molecular weight is 284 g/mol. The fourth-order valence-corrected chi connectivity index (χ4v) is 4.76. The van der Waals surface area contributed by atoms with Gasteiger partial charge in [0.1, 0.15) is 0 Å². The van der Waals surface area contributed by atoms with Gasteiger partial charge in [0.05, 0.1) is 12.2 Å². The molecule has 0 radical (unpaired) electrons. The van der Waals surface area contributed by atoms with Crippen LogP contribution in [0.1, 0.15) is 59.3 Å². The van der Waals surface area contributed by atoms with Gasteiger partial charge < -0.3 is 4.90 Å². The monoisotopic (exact) mass is 284 g/mol. The van der Waals surface area contributed by atoms with Crippen molar-refractivity contribution in [3.05, 3.63) is 0 Å². The maximum absolute atomic E-state index is 12.6. The van der Waals surface area contributed by atoms with Crippen molar-refractivity contribution < 1.29 is 4.79 Å². The highest BCUT2D eigenvalue weighted by Crippen LogP contribution is 2.36. The van der Waals surface area contributed by atoms with Crippen LogP contribution in [0.15, 0.2) is 0 Å². The predicted octanol–water partition coefficient (Wildman–Crippen LogP) is 3.00. The van der Waals surface area contributed by atoms with Crippen molar-refractivity contribution in [2.45, 2.75) is 82.8 Å². The Kier molecular flexibility index (Phi) is 5.58. The molecule has 1 aliphatic heterocycles. The van der Waals surface area contributed by atoms with Gasteiger partial charge >= 0.3 is 0 Å². The van der Waals surface area contributed by atoms with E-state index in [9.17, 15) is 4.79 Å². The van der Waals surface area contributed by atoms with Crippen LogP contribution in [-0.4, -0.2) is 40.1 Å². The first-order valence-electron chi connectivity index (χ1n) is 7.88. The number of thioether (sulfide) groups is 1. The zero-order valence-electron chi connectivity index (χ0n) is 12.5. The molecule has 0 spiro atoms. The number of nitrogens with zero attached hydrogens (tertiary/aromatic N) is 1. The Hall–Kier alpha value is -0.220. The van der Waals surface area contributed by atoms with Crippen LogP contribution in [0.25, 0.3) is 0 Å². The number of rotatable bonds is 6. The number of carbonyl (C=O) groups excluding carboxylic acids is 1. The molecule has 1 saturated carbocycles. The first-order valence-corrected chi connectivity index (χ1v) is 8.93. The van der Waals surface area contributed by atoms with Crippen molar-refractivity contribution in [1.82, 2.24) is 10.2 Å². The minimum Gasteiger partial charge on any atom is -0.322 e. The number of hydrogen-bond acceptors (Lipinski definition) is 3. The van der Waals surface area contributed by atoms with E-state index in [1.165, 1.54) is 19.3 Å². The largest absolute Gasteiger partial charge is 0.322 e. The maximum Gasteiger partial charge on any atom is 0.241 e. The van der Waals surface area contributed by atoms with Crippen LogP contribution in [0.4, 0.5) is 0 Å². The van der Waals surface area contributed by atoms with Gasteiger partial charge in [-0.05, 0) is 31.9 Å². The fourth-order valence-electron chi connectivity index (χ4n) is 3.51. The third-order valence-corrected chi connectivity index (χ3v) is 5.73. The quantitative estimate of drug-likeness (QED) is 0.814. The number of carbonyl (C=O) groups is 1. The summed E-state index contributed by atoms with van der Waals surface area (Å²) in [7, 11) is 0. The number of nitrogens with one attached hydrogen (secondary N) is 1. The number of hydrogen-bond donors (Lipinski definition) is 1. The van der Waals surface area contributed by atoms with E-state index in [0.29, 0.717) is 17.2 Å². The van der Waals surface area contributed by atoms with Crippen LogP contribution in [-0.2, 0) is 4.79 Å². The normalized spacial score (nSPS) is 35.3. The van der Waals surface area contributed by atoms with Crippen molar-refractivity contribution in [2.24, 2.45) is 0 Å². The van der Waals surface area contributed by atoms with Gasteiger partial charge in [0.2, 0.25) is 5.91 Å². The van der Waals surface area contributed by atoms with E-state index in [4.69, 9.17) is 0 Å². The standard InChI is InChI=1S/C15H28N2OS/c1-4-6-8-12-15(18)17(11(3)16-12)13-9-7-10-14(13)19-5-2/h11-14,16H,4-10H2,1-3H3. The zero-order valence-corrected chi connectivity index (χ0v) is 13.3. The summed E-state index contributed by atoms with van der Waals surface area (Å²) in [6, 6.07) is 0.536. The lowest BCUT2D eigenvalue weighted by atomic mass is 10.1. The summed E-state index contributed by atoms with van der Waals surface area (Å²) >= 11 is 2.04. The molecule has 4 heteroatoms. The third kappa shape index (κ3) is 3.27. The van der Waals surface area contributed by atoms with Crippen molar-refractivity contribution >= 4 is 17.7 Å². The molecule has 1 N–H and O–H groups in total. The molecule has 4 atom stereocenters. The average Bonchev–Trinajstić information content (AvgIpc) is 2.93. The van der Waals surface area contributed by atoms with Gasteiger partial charge in [-0.3, -0.25) is 10.1 Å². The second kappa shape index (κ2) is 6.98. The van der Waals surface area contributed by atoms with Gasteiger partial charge in [0, 0.05) is 11.3 Å².